The molecule has 1 atom stereocenters. The molecule has 0 aliphatic rings. The van der Waals surface area contributed by atoms with Crippen LogP contribution in [0.1, 0.15) is 24.0 Å². The molecule has 0 radical (unpaired) electrons. The first-order valence-electron chi connectivity index (χ1n) is 5.42. The molecule has 1 unspecified atom stereocenters. The lowest BCUT2D eigenvalue weighted by atomic mass is 10.0. The maximum atomic E-state index is 10.6. The third kappa shape index (κ3) is 4.45. The van der Waals surface area contributed by atoms with Crippen LogP contribution in [0.3, 0.4) is 0 Å². The summed E-state index contributed by atoms with van der Waals surface area (Å²) in [5.41, 5.74) is 2.46. The van der Waals surface area contributed by atoms with E-state index in [4.69, 9.17) is 9.84 Å². The van der Waals surface area contributed by atoms with Gasteiger partial charge in [-0.1, -0.05) is 29.8 Å². The number of carbonyl (C=O) groups is 1. The highest BCUT2D eigenvalue weighted by Crippen LogP contribution is 2.11. The third-order valence-corrected chi connectivity index (χ3v) is 2.57. The van der Waals surface area contributed by atoms with E-state index in [1.54, 1.807) is 7.11 Å². The highest BCUT2D eigenvalue weighted by Gasteiger charge is 2.11. The molecule has 1 aromatic carbocycles. The smallest absolute Gasteiger partial charge is 0.305 e. The lowest BCUT2D eigenvalue weighted by Crippen LogP contribution is -2.16. The van der Waals surface area contributed by atoms with Gasteiger partial charge in [0, 0.05) is 7.11 Å². The molecule has 0 amide bonds. The summed E-state index contributed by atoms with van der Waals surface area (Å²) in [6.07, 6.45) is 1.47. The first kappa shape index (κ1) is 12.7. The largest absolute Gasteiger partial charge is 0.481 e. The van der Waals surface area contributed by atoms with Gasteiger partial charge < -0.3 is 9.84 Å². The summed E-state index contributed by atoms with van der Waals surface area (Å²) in [7, 11) is 1.56. The zero-order valence-electron chi connectivity index (χ0n) is 9.77. The van der Waals surface area contributed by atoms with E-state index < -0.39 is 5.97 Å². The SMILES string of the molecule is COC(CCc1cccc(C)c1)CC(=O)O. The van der Waals surface area contributed by atoms with Gasteiger partial charge in [0.25, 0.3) is 0 Å². The molecule has 0 spiro atoms. The van der Waals surface area contributed by atoms with Crippen LogP contribution in [0.4, 0.5) is 0 Å². The molecule has 0 saturated heterocycles. The highest BCUT2D eigenvalue weighted by molar-refractivity contribution is 5.67. The van der Waals surface area contributed by atoms with E-state index in [-0.39, 0.29) is 12.5 Å². The number of carboxylic acids is 1. The number of ether oxygens (including phenoxy) is 1. The molecule has 0 aromatic heterocycles. The summed E-state index contributed by atoms with van der Waals surface area (Å²) in [6.45, 7) is 2.05. The van der Waals surface area contributed by atoms with Gasteiger partial charge in [-0.25, -0.2) is 0 Å². The van der Waals surface area contributed by atoms with Crippen LogP contribution in [0.2, 0.25) is 0 Å². The second kappa shape index (κ2) is 6.28. The fourth-order valence-corrected chi connectivity index (χ4v) is 1.69. The minimum atomic E-state index is -0.809. The Balaban J connectivity index is 2.46. The van der Waals surface area contributed by atoms with Crippen molar-refractivity contribution in [1.82, 2.24) is 0 Å². The zero-order chi connectivity index (χ0) is 12.0. The van der Waals surface area contributed by atoms with E-state index in [1.807, 2.05) is 6.07 Å². The lowest BCUT2D eigenvalue weighted by Gasteiger charge is -2.12. The molecule has 1 aromatic rings. The fraction of sp³-hybridized carbons (Fsp3) is 0.462. The van der Waals surface area contributed by atoms with Gasteiger partial charge >= 0.3 is 5.97 Å². The molecular weight excluding hydrogens is 204 g/mol. The highest BCUT2D eigenvalue weighted by atomic mass is 16.5. The number of hydrogen-bond donors (Lipinski definition) is 1. The summed E-state index contributed by atoms with van der Waals surface area (Å²) in [4.78, 5) is 10.6. The number of rotatable bonds is 6. The number of carboxylic acid groups (broad SMARTS) is 1. The predicted molar refractivity (Wildman–Crippen MR) is 62.5 cm³/mol. The molecule has 0 saturated carbocycles. The van der Waals surface area contributed by atoms with Gasteiger partial charge in [-0.05, 0) is 25.3 Å². The maximum absolute atomic E-state index is 10.6. The molecule has 0 fully saturated rings. The maximum Gasteiger partial charge on any atom is 0.305 e. The van der Waals surface area contributed by atoms with Crippen molar-refractivity contribution < 1.29 is 14.6 Å². The van der Waals surface area contributed by atoms with Gasteiger partial charge in [0.15, 0.2) is 0 Å². The van der Waals surface area contributed by atoms with Crippen molar-refractivity contribution in [3.05, 3.63) is 35.4 Å². The number of aryl methyl sites for hydroxylation is 2. The van der Waals surface area contributed by atoms with E-state index in [0.717, 1.165) is 12.8 Å². The van der Waals surface area contributed by atoms with Crippen molar-refractivity contribution >= 4 is 5.97 Å². The van der Waals surface area contributed by atoms with Crippen molar-refractivity contribution in [2.45, 2.75) is 32.3 Å². The second-order valence-corrected chi connectivity index (χ2v) is 3.98. The Labute approximate surface area is 96.1 Å². The van der Waals surface area contributed by atoms with E-state index in [0.29, 0.717) is 0 Å². The van der Waals surface area contributed by atoms with Crippen molar-refractivity contribution in [3.63, 3.8) is 0 Å². The quantitative estimate of drug-likeness (QED) is 0.804. The second-order valence-electron chi connectivity index (χ2n) is 3.98. The first-order chi connectivity index (χ1) is 7.61. The molecule has 88 valence electrons. The standard InChI is InChI=1S/C13H18O3/c1-10-4-3-5-11(8-10)6-7-12(16-2)9-13(14)15/h3-5,8,12H,6-7,9H2,1-2H3,(H,14,15). The van der Waals surface area contributed by atoms with Gasteiger partial charge in [0.2, 0.25) is 0 Å². The van der Waals surface area contributed by atoms with Crippen LogP contribution in [0.5, 0.6) is 0 Å². The van der Waals surface area contributed by atoms with E-state index >= 15 is 0 Å². The zero-order valence-corrected chi connectivity index (χ0v) is 9.77. The minimum Gasteiger partial charge on any atom is -0.481 e. The average Bonchev–Trinajstić information content (AvgIpc) is 2.24. The number of aliphatic carboxylic acids is 1. The van der Waals surface area contributed by atoms with Gasteiger partial charge in [-0.2, -0.15) is 0 Å². The summed E-state index contributed by atoms with van der Waals surface area (Å²) in [5, 5.41) is 8.68. The molecule has 0 heterocycles. The normalized spacial score (nSPS) is 12.4. The molecule has 3 nitrogen and oxygen atoms in total. The molecule has 0 aliphatic heterocycles. The molecule has 3 heteroatoms. The average molecular weight is 222 g/mol. The molecule has 1 rings (SSSR count). The first-order valence-corrected chi connectivity index (χ1v) is 5.42. The molecule has 16 heavy (non-hydrogen) atoms. The van der Waals surface area contributed by atoms with Gasteiger partial charge in [-0.3, -0.25) is 4.79 Å². The predicted octanol–water partition coefficient (Wildman–Crippen LogP) is 2.42. The Hall–Kier alpha value is -1.35. The van der Waals surface area contributed by atoms with E-state index in [2.05, 4.69) is 25.1 Å². The Kier molecular flexibility index (Phi) is 4.99. The van der Waals surface area contributed by atoms with Gasteiger partial charge in [-0.15, -0.1) is 0 Å². The van der Waals surface area contributed by atoms with E-state index in [9.17, 15) is 4.79 Å². The van der Waals surface area contributed by atoms with Crippen molar-refractivity contribution in [3.8, 4) is 0 Å². The van der Waals surface area contributed by atoms with Crippen LogP contribution < -0.4 is 0 Å². The summed E-state index contributed by atoms with van der Waals surface area (Å²) < 4.78 is 5.13. The van der Waals surface area contributed by atoms with Gasteiger partial charge in [0.05, 0.1) is 12.5 Å². The topological polar surface area (TPSA) is 46.5 Å². The molecule has 0 bridgehead atoms. The van der Waals surface area contributed by atoms with Crippen LogP contribution in [0, 0.1) is 6.92 Å². The van der Waals surface area contributed by atoms with Crippen LogP contribution in [-0.2, 0) is 16.0 Å². The third-order valence-electron chi connectivity index (χ3n) is 2.57. The van der Waals surface area contributed by atoms with Crippen LogP contribution in [-0.4, -0.2) is 24.3 Å². The molecular formula is C13H18O3. The van der Waals surface area contributed by atoms with Crippen molar-refractivity contribution in [1.29, 1.82) is 0 Å². The van der Waals surface area contributed by atoms with Crippen molar-refractivity contribution in [2.75, 3.05) is 7.11 Å². The summed E-state index contributed by atoms with van der Waals surface area (Å²) in [5.74, 6) is -0.809. The minimum absolute atomic E-state index is 0.0717. The van der Waals surface area contributed by atoms with Gasteiger partial charge in [0.1, 0.15) is 0 Å². The van der Waals surface area contributed by atoms with E-state index in [1.165, 1.54) is 11.1 Å². The van der Waals surface area contributed by atoms with Crippen LogP contribution >= 0.6 is 0 Å². The number of methoxy groups -OCH3 is 1. The summed E-state index contributed by atoms with van der Waals surface area (Å²) in [6, 6.07) is 8.24. The fourth-order valence-electron chi connectivity index (χ4n) is 1.69. The number of hydrogen-bond acceptors (Lipinski definition) is 2. The number of benzene rings is 1. The molecule has 0 aliphatic carbocycles. The lowest BCUT2D eigenvalue weighted by molar-refractivity contribution is -0.139. The molecule has 1 N–H and O–H groups in total. The monoisotopic (exact) mass is 222 g/mol. The van der Waals surface area contributed by atoms with Crippen molar-refractivity contribution in [2.24, 2.45) is 0 Å². The summed E-state index contributed by atoms with van der Waals surface area (Å²) >= 11 is 0. The Bertz CT molecular complexity index is 347. The Morgan fingerprint density at radius 1 is 1.50 bits per heavy atom. The van der Waals surface area contributed by atoms with Crippen LogP contribution in [0.25, 0.3) is 0 Å². The Morgan fingerprint density at radius 2 is 2.25 bits per heavy atom. The van der Waals surface area contributed by atoms with Crippen LogP contribution in [0.15, 0.2) is 24.3 Å². The Morgan fingerprint density at radius 3 is 2.81 bits per heavy atom.